The third-order valence-corrected chi connectivity index (χ3v) is 5.29. The number of piperidine rings is 1. The summed E-state index contributed by atoms with van der Waals surface area (Å²) >= 11 is 0. The molecule has 0 radical (unpaired) electrons. The summed E-state index contributed by atoms with van der Waals surface area (Å²) in [5.41, 5.74) is 1.45. The Morgan fingerprint density at radius 3 is 2.64 bits per heavy atom. The van der Waals surface area contributed by atoms with E-state index in [-0.39, 0.29) is 0 Å². The molecule has 2 saturated heterocycles. The van der Waals surface area contributed by atoms with Gasteiger partial charge in [-0.2, -0.15) is 0 Å². The van der Waals surface area contributed by atoms with Crippen molar-refractivity contribution in [1.29, 1.82) is 0 Å². The molecule has 1 aromatic carbocycles. The molecule has 1 aromatic rings. The highest BCUT2D eigenvalue weighted by Gasteiger charge is 2.26. The van der Waals surface area contributed by atoms with Gasteiger partial charge in [-0.05, 0) is 44.8 Å². The average molecular weight is 302 g/mol. The van der Waals surface area contributed by atoms with E-state index in [1.54, 1.807) is 0 Å². The van der Waals surface area contributed by atoms with Gasteiger partial charge >= 0.3 is 0 Å². The van der Waals surface area contributed by atoms with E-state index in [1.165, 1.54) is 50.8 Å². The fourth-order valence-electron chi connectivity index (χ4n) is 3.90. The minimum Gasteiger partial charge on any atom is -0.381 e. The predicted octanol–water partition coefficient (Wildman–Crippen LogP) is 3.15. The summed E-state index contributed by atoms with van der Waals surface area (Å²) in [6.45, 7) is 5.44. The van der Waals surface area contributed by atoms with Crippen LogP contribution < -0.4 is 0 Å². The van der Waals surface area contributed by atoms with Crippen molar-refractivity contribution in [1.82, 2.24) is 9.80 Å². The van der Waals surface area contributed by atoms with Gasteiger partial charge in [-0.15, -0.1) is 0 Å². The van der Waals surface area contributed by atoms with Crippen molar-refractivity contribution in [3.63, 3.8) is 0 Å². The Kier molecular flexibility index (Phi) is 5.88. The summed E-state index contributed by atoms with van der Waals surface area (Å²) in [4.78, 5) is 5.30. The predicted molar refractivity (Wildman–Crippen MR) is 91.0 cm³/mol. The summed E-state index contributed by atoms with van der Waals surface area (Å²) < 4.78 is 5.50. The lowest BCUT2D eigenvalue weighted by Gasteiger charge is -2.40. The molecule has 3 rings (SSSR count). The number of rotatable bonds is 5. The Labute approximate surface area is 135 Å². The van der Waals surface area contributed by atoms with Gasteiger partial charge in [0.1, 0.15) is 0 Å². The quantitative estimate of drug-likeness (QED) is 0.831. The first-order valence-electron chi connectivity index (χ1n) is 8.89. The van der Waals surface area contributed by atoms with E-state index in [1.807, 2.05) is 0 Å². The van der Waals surface area contributed by atoms with Crippen LogP contribution in [-0.2, 0) is 11.3 Å². The van der Waals surface area contributed by atoms with Crippen LogP contribution in [0.25, 0.3) is 0 Å². The number of likely N-dealkylation sites (tertiary alicyclic amines) is 1. The molecule has 0 bridgehead atoms. The maximum Gasteiger partial charge on any atom is 0.0480 e. The second kappa shape index (κ2) is 8.09. The van der Waals surface area contributed by atoms with E-state index in [0.29, 0.717) is 12.1 Å². The Bertz CT molecular complexity index is 430. The molecule has 1 atom stereocenters. The van der Waals surface area contributed by atoms with Crippen LogP contribution >= 0.6 is 0 Å². The fourth-order valence-corrected chi connectivity index (χ4v) is 3.90. The monoisotopic (exact) mass is 302 g/mol. The first kappa shape index (κ1) is 16.0. The minimum atomic E-state index is 0.710. The second-order valence-electron chi connectivity index (χ2n) is 6.89. The van der Waals surface area contributed by atoms with Crippen molar-refractivity contribution in [2.45, 2.75) is 50.7 Å². The van der Waals surface area contributed by atoms with Gasteiger partial charge in [0.05, 0.1) is 0 Å². The molecule has 2 aliphatic heterocycles. The molecule has 0 aromatic heterocycles. The highest BCUT2D eigenvalue weighted by Crippen LogP contribution is 2.22. The molecule has 22 heavy (non-hydrogen) atoms. The van der Waals surface area contributed by atoms with E-state index in [9.17, 15) is 0 Å². The van der Waals surface area contributed by atoms with Crippen LogP contribution in [0.4, 0.5) is 0 Å². The van der Waals surface area contributed by atoms with Gasteiger partial charge in [0.25, 0.3) is 0 Å². The number of benzene rings is 1. The molecule has 0 spiro atoms. The van der Waals surface area contributed by atoms with Gasteiger partial charge < -0.3 is 9.64 Å². The van der Waals surface area contributed by atoms with Gasteiger partial charge in [0.15, 0.2) is 0 Å². The zero-order valence-electron chi connectivity index (χ0n) is 13.9. The van der Waals surface area contributed by atoms with Crippen LogP contribution in [0.5, 0.6) is 0 Å². The van der Waals surface area contributed by atoms with E-state index in [2.05, 4.69) is 47.2 Å². The molecular weight excluding hydrogens is 272 g/mol. The second-order valence-corrected chi connectivity index (χ2v) is 6.89. The van der Waals surface area contributed by atoms with Gasteiger partial charge in [-0.1, -0.05) is 36.8 Å². The van der Waals surface area contributed by atoms with Gasteiger partial charge in [-0.3, -0.25) is 4.90 Å². The zero-order chi connectivity index (χ0) is 15.2. The molecule has 2 heterocycles. The third kappa shape index (κ3) is 4.31. The summed E-state index contributed by atoms with van der Waals surface area (Å²) in [6.07, 6.45) is 6.48. The van der Waals surface area contributed by atoms with Crippen LogP contribution in [-0.4, -0.2) is 55.2 Å². The SMILES string of the molecule is CN(CC1CCCCN1Cc1ccccc1)C1CCOCC1. The number of hydrogen-bond acceptors (Lipinski definition) is 3. The maximum atomic E-state index is 5.50. The number of likely N-dealkylation sites (N-methyl/N-ethyl adjacent to an activating group) is 1. The first-order valence-corrected chi connectivity index (χ1v) is 8.89. The highest BCUT2D eigenvalue weighted by atomic mass is 16.5. The average Bonchev–Trinajstić information content (AvgIpc) is 2.58. The van der Waals surface area contributed by atoms with Crippen molar-refractivity contribution in [2.24, 2.45) is 0 Å². The molecule has 0 N–H and O–H groups in total. The lowest BCUT2D eigenvalue weighted by atomic mass is 9.99. The molecule has 2 aliphatic rings. The lowest BCUT2D eigenvalue weighted by Crippen LogP contribution is -2.48. The minimum absolute atomic E-state index is 0.710. The molecule has 0 amide bonds. The molecule has 2 fully saturated rings. The van der Waals surface area contributed by atoms with Crippen molar-refractivity contribution >= 4 is 0 Å². The van der Waals surface area contributed by atoms with E-state index >= 15 is 0 Å². The molecule has 0 saturated carbocycles. The molecule has 1 unspecified atom stereocenters. The van der Waals surface area contributed by atoms with Crippen LogP contribution in [0.2, 0.25) is 0 Å². The topological polar surface area (TPSA) is 15.7 Å². The van der Waals surface area contributed by atoms with Crippen molar-refractivity contribution in [3.8, 4) is 0 Å². The van der Waals surface area contributed by atoms with Crippen molar-refractivity contribution in [3.05, 3.63) is 35.9 Å². The Balaban J connectivity index is 1.57. The van der Waals surface area contributed by atoms with Gasteiger partial charge in [0, 0.05) is 38.4 Å². The summed E-state index contributed by atoms with van der Waals surface area (Å²) in [5.74, 6) is 0. The van der Waals surface area contributed by atoms with Gasteiger partial charge in [-0.25, -0.2) is 0 Å². The largest absolute Gasteiger partial charge is 0.381 e. The maximum absolute atomic E-state index is 5.50. The first-order chi connectivity index (χ1) is 10.8. The summed E-state index contributed by atoms with van der Waals surface area (Å²) in [5, 5.41) is 0. The van der Waals surface area contributed by atoms with Crippen LogP contribution in [0, 0.1) is 0 Å². The van der Waals surface area contributed by atoms with Crippen molar-refractivity contribution in [2.75, 3.05) is 33.4 Å². The molecule has 3 nitrogen and oxygen atoms in total. The normalized spacial score (nSPS) is 24.7. The Morgan fingerprint density at radius 1 is 1.09 bits per heavy atom. The van der Waals surface area contributed by atoms with Crippen LogP contribution in [0.1, 0.15) is 37.7 Å². The molecule has 3 heteroatoms. The third-order valence-electron chi connectivity index (χ3n) is 5.29. The van der Waals surface area contributed by atoms with E-state index in [4.69, 9.17) is 4.74 Å². The van der Waals surface area contributed by atoms with Gasteiger partial charge in [0.2, 0.25) is 0 Å². The van der Waals surface area contributed by atoms with Crippen LogP contribution in [0.15, 0.2) is 30.3 Å². The molecule has 122 valence electrons. The molecule has 0 aliphatic carbocycles. The zero-order valence-corrected chi connectivity index (χ0v) is 13.9. The highest BCUT2D eigenvalue weighted by molar-refractivity contribution is 5.14. The summed E-state index contributed by atoms with van der Waals surface area (Å²) in [6, 6.07) is 12.4. The van der Waals surface area contributed by atoms with Crippen molar-refractivity contribution < 1.29 is 4.74 Å². The van der Waals surface area contributed by atoms with Crippen LogP contribution in [0.3, 0.4) is 0 Å². The number of nitrogens with zero attached hydrogens (tertiary/aromatic N) is 2. The Morgan fingerprint density at radius 2 is 1.86 bits per heavy atom. The Hall–Kier alpha value is -0.900. The summed E-state index contributed by atoms with van der Waals surface area (Å²) in [7, 11) is 2.31. The number of hydrogen-bond donors (Lipinski definition) is 0. The number of ether oxygens (including phenoxy) is 1. The van der Waals surface area contributed by atoms with E-state index < -0.39 is 0 Å². The standard InChI is InChI=1S/C19H30N2O/c1-20(18-10-13-22-14-11-18)16-19-9-5-6-12-21(19)15-17-7-3-2-4-8-17/h2-4,7-8,18-19H,5-6,9-16H2,1H3. The fraction of sp³-hybridized carbons (Fsp3) is 0.684. The smallest absolute Gasteiger partial charge is 0.0480 e. The van der Waals surface area contributed by atoms with E-state index in [0.717, 1.165) is 19.8 Å². The lowest BCUT2D eigenvalue weighted by molar-refractivity contribution is 0.0258. The molecular formula is C19H30N2O.